The highest BCUT2D eigenvalue weighted by atomic mass is 19.1. The van der Waals surface area contributed by atoms with Gasteiger partial charge in [-0.2, -0.15) is 4.98 Å². The highest BCUT2D eigenvalue weighted by Crippen LogP contribution is 2.10. The summed E-state index contributed by atoms with van der Waals surface area (Å²) in [6.45, 7) is 5.00. The van der Waals surface area contributed by atoms with E-state index in [1.807, 2.05) is 13.8 Å². The fourth-order valence-electron chi connectivity index (χ4n) is 2.87. The van der Waals surface area contributed by atoms with E-state index in [2.05, 4.69) is 15.3 Å². The lowest BCUT2D eigenvalue weighted by Crippen LogP contribution is -2.39. The molecule has 2 aromatic heterocycles. The predicted molar refractivity (Wildman–Crippen MR) is 105 cm³/mol. The molecule has 2 N–H and O–H groups in total. The zero-order chi connectivity index (χ0) is 20.3. The van der Waals surface area contributed by atoms with Crippen LogP contribution in [0.5, 0.6) is 0 Å². The first-order valence-corrected chi connectivity index (χ1v) is 9.17. The summed E-state index contributed by atoms with van der Waals surface area (Å²) in [5, 5.41) is 3.09. The molecule has 0 saturated heterocycles. The van der Waals surface area contributed by atoms with Crippen LogP contribution in [0, 0.1) is 5.82 Å². The van der Waals surface area contributed by atoms with Crippen LogP contribution in [0.2, 0.25) is 0 Å². The van der Waals surface area contributed by atoms with Crippen molar-refractivity contribution >= 4 is 17.1 Å². The largest absolute Gasteiger partial charge is 0.379 e. The summed E-state index contributed by atoms with van der Waals surface area (Å²) in [4.78, 5) is 32.6. The Morgan fingerprint density at radius 3 is 2.75 bits per heavy atom. The zero-order valence-electron chi connectivity index (χ0n) is 16.2. The van der Waals surface area contributed by atoms with Gasteiger partial charge in [-0.1, -0.05) is 18.2 Å². The minimum absolute atomic E-state index is 0.150. The molecule has 3 rings (SSSR count). The molecule has 0 aliphatic rings. The first-order chi connectivity index (χ1) is 13.4. The van der Waals surface area contributed by atoms with Crippen molar-refractivity contribution in [2.75, 3.05) is 18.5 Å². The van der Waals surface area contributed by atoms with E-state index < -0.39 is 17.1 Å². The molecular weight excluding hydrogens is 365 g/mol. The standard InChI is InChI=1S/C19H24FN5O3/c1-12(2)28-10-6-9-21-18-22-15-16(23-18)24(3)19(27)25(17(15)26)11-13-7-4-5-8-14(13)20/h4-5,7-8,12H,6,9-11H2,1-3H3,(H2,21,22,23). The number of hydrogen-bond donors (Lipinski definition) is 2. The minimum Gasteiger partial charge on any atom is -0.379 e. The number of halogens is 1. The number of aromatic amines is 1. The van der Waals surface area contributed by atoms with Crippen molar-refractivity contribution in [2.45, 2.75) is 32.9 Å². The van der Waals surface area contributed by atoms with Crippen LogP contribution in [-0.2, 0) is 18.3 Å². The molecule has 0 unspecified atom stereocenters. The number of nitrogens with one attached hydrogen (secondary N) is 2. The third kappa shape index (κ3) is 4.14. The Morgan fingerprint density at radius 1 is 1.29 bits per heavy atom. The smallest absolute Gasteiger partial charge is 0.332 e. The first kappa shape index (κ1) is 19.8. The molecule has 0 fully saturated rings. The van der Waals surface area contributed by atoms with Gasteiger partial charge in [0.1, 0.15) is 5.82 Å². The summed E-state index contributed by atoms with van der Waals surface area (Å²) in [7, 11) is 1.53. The van der Waals surface area contributed by atoms with E-state index >= 15 is 0 Å². The van der Waals surface area contributed by atoms with Gasteiger partial charge in [0, 0.05) is 25.8 Å². The normalized spacial score (nSPS) is 11.5. The summed E-state index contributed by atoms with van der Waals surface area (Å²) in [5.74, 6) is -0.0672. The molecule has 0 amide bonds. The topological polar surface area (TPSA) is 93.9 Å². The van der Waals surface area contributed by atoms with Gasteiger partial charge in [0.2, 0.25) is 5.95 Å². The van der Waals surface area contributed by atoms with Crippen LogP contribution in [0.25, 0.3) is 11.2 Å². The number of fused-ring (bicyclic) bond motifs is 1. The number of nitrogens with zero attached hydrogens (tertiary/aromatic N) is 3. The summed E-state index contributed by atoms with van der Waals surface area (Å²) in [5.41, 5.74) is -0.377. The highest BCUT2D eigenvalue weighted by Gasteiger charge is 2.16. The number of imidazole rings is 1. The second kappa shape index (κ2) is 8.39. The Hall–Kier alpha value is -2.94. The van der Waals surface area contributed by atoms with E-state index in [-0.39, 0.29) is 29.4 Å². The number of aromatic nitrogens is 4. The third-order valence-electron chi connectivity index (χ3n) is 4.33. The van der Waals surface area contributed by atoms with Gasteiger partial charge >= 0.3 is 5.69 Å². The number of anilines is 1. The molecular formula is C19H24FN5O3. The van der Waals surface area contributed by atoms with Gasteiger partial charge in [-0.3, -0.25) is 13.9 Å². The van der Waals surface area contributed by atoms with E-state index in [9.17, 15) is 14.0 Å². The van der Waals surface area contributed by atoms with Crippen LogP contribution < -0.4 is 16.6 Å². The summed E-state index contributed by atoms with van der Waals surface area (Å²) >= 11 is 0. The van der Waals surface area contributed by atoms with Gasteiger partial charge in [-0.25, -0.2) is 9.18 Å². The first-order valence-electron chi connectivity index (χ1n) is 9.17. The Morgan fingerprint density at radius 2 is 2.04 bits per heavy atom. The van der Waals surface area contributed by atoms with E-state index in [0.717, 1.165) is 11.0 Å². The fraction of sp³-hybridized carbons (Fsp3) is 0.421. The van der Waals surface area contributed by atoms with Gasteiger partial charge in [-0.05, 0) is 26.3 Å². The summed E-state index contributed by atoms with van der Waals surface area (Å²) < 4.78 is 21.7. The summed E-state index contributed by atoms with van der Waals surface area (Å²) in [6, 6.07) is 6.06. The summed E-state index contributed by atoms with van der Waals surface area (Å²) in [6.07, 6.45) is 0.944. The molecule has 2 heterocycles. The van der Waals surface area contributed by atoms with Crippen molar-refractivity contribution < 1.29 is 9.13 Å². The molecule has 28 heavy (non-hydrogen) atoms. The maximum atomic E-state index is 13.9. The van der Waals surface area contributed by atoms with Gasteiger partial charge in [0.25, 0.3) is 5.56 Å². The quantitative estimate of drug-likeness (QED) is 0.574. The maximum Gasteiger partial charge on any atom is 0.332 e. The van der Waals surface area contributed by atoms with Crippen LogP contribution >= 0.6 is 0 Å². The van der Waals surface area contributed by atoms with Gasteiger partial charge < -0.3 is 15.0 Å². The van der Waals surface area contributed by atoms with E-state index in [0.29, 0.717) is 19.1 Å². The molecule has 0 atom stereocenters. The molecule has 0 aliphatic carbocycles. The van der Waals surface area contributed by atoms with Crippen LogP contribution in [0.4, 0.5) is 10.3 Å². The lowest BCUT2D eigenvalue weighted by Gasteiger charge is -2.08. The molecule has 8 nitrogen and oxygen atoms in total. The number of hydrogen-bond acceptors (Lipinski definition) is 5. The molecule has 150 valence electrons. The Kier molecular flexibility index (Phi) is 5.93. The van der Waals surface area contributed by atoms with Crippen molar-refractivity contribution in [2.24, 2.45) is 7.05 Å². The molecule has 1 aromatic carbocycles. The molecule has 0 radical (unpaired) electrons. The number of H-pyrrole nitrogens is 1. The van der Waals surface area contributed by atoms with Crippen molar-refractivity contribution in [3.05, 3.63) is 56.5 Å². The number of rotatable bonds is 8. The fourth-order valence-corrected chi connectivity index (χ4v) is 2.87. The molecule has 0 aliphatic heterocycles. The average molecular weight is 389 g/mol. The predicted octanol–water partition coefficient (Wildman–Crippen LogP) is 1.84. The molecule has 3 aromatic rings. The molecule has 9 heteroatoms. The molecule has 0 bridgehead atoms. The second-order valence-electron chi connectivity index (χ2n) is 6.81. The monoisotopic (exact) mass is 389 g/mol. The Bertz CT molecular complexity index is 1080. The van der Waals surface area contributed by atoms with Crippen LogP contribution in [0.3, 0.4) is 0 Å². The van der Waals surface area contributed by atoms with Crippen molar-refractivity contribution in [3.8, 4) is 0 Å². The second-order valence-corrected chi connectivity index (χ2v) is 6.81. The van der Waals surface area contributed by atoms with Crippen molar-refractivity contribution in [3.63, 3.8) is 0 Å². The lowest BCUT2D eigenvalue weighted by molar-refractivity contribution is 0.0787. The number of aryl methyl sites for hydroxylation is 1. The van der Waals surface area contributed by atoms with Gasteiger partial charge in [-0.15, -0.1) is 0 Å². The van der Waals surface area contributed by atoms with E-state index in [1.54, 1.807) is 18.2 Å². The van der Waals surface area contributed by atoms with Gasteiger partial charge in [0.05, 0.1) is 12.6 Å². The van der Waals surface area contributed by atoms with Crippen molar-refractivity contribution in [1.82, 2.24) is 19.1 Å². The third-order valence-corrected chi connectivity index (χ3v) is 4.33. The number of ether oxygens (including phenoxy) is 1. The minimum atomic E-state index is -0.552. The van der Waals surface area contributed by atoms with E-state index in [1.165, 1.54) is 17.7 Å². The SMILES string of the molecule is CC(C)OCCCNc1nc2c([nH]1)c(=O)n(Cc1ccccc1F)c(=O)n2C. The molecule has 0 saturated carbocycles. The van der Waals surface area contributed by atoms with Crippen molar-refractivity contribution in [1.29, 1.82) is 0 Å². The zero-order valence-corrected chi connectivity index (χ0v) is 16.2. The van der Waals surface area contributed by atoms with Crippen LogP contribution in [0.1, 0.15) is 25.8 Å². The Balaban J connectivity index is 1.86. The Labute approximate surface area is 161 Å². The lowest BCUT2D eigenvalue weighted by atomic mass is 10.2. The van der Waals surface area contributed by atoms with Crippen LogP contribution in [0.15, 0.2) is 33.9 Å². The van der Waals surface area contributed by atoms with Gasteiger partial charge in [0.15, 0.2) is 11.2 Å². The number of benzene rings is 1. The average Bonchev–Trinajstić information content (AvgIpc) is 3.09. The van der Waals surface area contributed by atoms with Crippen LogP contribution in [-0.4, -0.2) is 38.4 Å². The van der Waals surface area contributed by atoms with E-state index in [4.69, 9.17) is 4.74 Å². The maximum absolute atomic E-state index is 13.9. The highest BCUT2D eigenvalue weighted by molar-refractivity contribution is 5.72. The molecule has 0 spiro atoms.